The maximum atomic E-state index is 12.7. The van der Waals surface area contributed by atoms with Crippen LogP contribution in [0.1, 0.15) is 32.2 Å². The molecule has 7 nitrogen and oxygen atoms in total. The van der Waals surface area contributed by atoms with Crippen LogP contribution in [-0.2, 0) is 6.54 Å². The van der Waals surface area contributed by atoms with Gasteiger partial charge in [0.25, 0.3) is 5.91 Å². The van der Waals surface area contributed by atoms with Gasteiger partial charge < -0.3 is 23.9 Å². The zero-order valence-electron chi connectivity index (χ0n) is 14.0. The molecule has 1 aromatic carbocycles. The summed E-state index contributed by atoms with van der Waals surface area (Å²) in [5.41, 5.74) is 0.436. The van der Waals surface area contributed by atoms with Crippen LogP contribution in [0.4, 0.5) is 0 Å². The third-order valence-electron chi connectivity index (χ3n) is 3.57. The topological polar surface area (TPSA) is 89.2 Å². The van der Waals surface area contributed by atoms with Gasteiger partial charge in [0.05, 0.1) is 26.3 Å². The molecule has 1 N–H and O–H groups in total. The third-order valence-corrected chi connectivity index (χ3v) is 3.57. The molecule has 0 aliphatic rings. The summed E-state index contributed by atoms with van der Waals surface area (Å²) in [5.74, 6) is 0.139. The first-order valence-corrected chi connectivity index (χ1v) is 7.18. The van der Waals surface area contributed by atoms with Gasteiger partial charge in [-0.15, -0.1) is 0 Å². The second-order valence-corrected chi connectivity index (χ2v) is 5.19. The minimum absolute atomic E-state index is 0.0878. The monoisotopic (exact) mass is 333 g/mol. The van der Waals surface area contributed by atoms with Crippen molar-refractivity contribution in [1.82, 2.24) is 4.90 Å². The number of amides is 1. The highest BCUT2D eigenvalue weighted by atomic mass is 16.5. The van der Waals surface area contributed by atoms with Crippen molar-refractivity contribution in [3.8, 4) is 11.5 Å². The van der Waals surface area contributed by atoms with Gasteiger partial charge in [0.15, 0.2) is 11.5 Å². The minimum Gasteiger partial charge on any atom is -0.493 e. The van der Waals surface area contributed by atoms with E-state index < -0.39 is 5.97 Å². The number of aromatic carboxylic acids is 1. The minimum atomic E-state index is -1.06. The second-order valence-electron chi connectivity index (χ2n) is 5.19. The van der Waals surface area contributed by atoms with Crippen molar-refractivity contribution in [2.75, 3.05) is 21.3 Å². The Hall–Kier alpha value is -2.96. The first-order valence-electron chi connectivity index (χ1n) is 7.18. The molecule has 0 saturated carbocycles. The summed E-state index contributed by atoms with van der Waals surface area (Å²) in [4.78, 5) is 25.1. The molecule has 0 bridgehead atoms. The summed E-state index contributed by atoms with van der Waals surface area (Å²) in [6.45, 7) is 1.70. The van der Waals surface area contributed by atoms with Gasteiger partial charge in [0, 0.05) is 7.05 Å². The van der Waals surface area contributed by atoms with Gasteiger partial charge in [-0.05, 0) is 25.1 Å². The lowest BCUT2D eigenvalue weighted by molar-refractivity contribution is 0.0694. The van der Waals surface area contributed by atoms with Gasteiger partial charge in [-0.25, -0.2) is 4.79 Å². The smallest absolute Gasteiger partial charge is 0.339 e. The Kier molecular flexibility index (Phi) is 5.13. The van der Waals surface area contributed by atoms with Gasteiger partial charge in [0.1, 0.15) is 17.1 Å². The molecule has 2 aromatic rings. The van der Waals surface area contributed by atoms with Crippen LogP contribution in [0, 0.1) is 6.92 Å². The van der Waals surface area contributed by atoms with Crippen LogP contribution in [0.15, 0.2) is 28.7 Å². The van der Waals surface area contributed by atoms with Crippen LogP contribution in [0.25, 0.3) is 0 Å². The van der Waals surface area contributed by atoms with Gasteiger partial charge in [0.2, 0.25) is 0 Å². The van der Waals surface area contributed by atoms with E-state index in [1.165, 1.54) is 25.2 Å². The van der Waals surface area contributed by atoms with Gasteiger partial charge in [-0.2, -0.15) is 0 Å². The normalized spacial score (nSPS) is 10.3. The predicted molar refractivity (Wildman–Crippen MR) is 85.7 cm³/mol. The van der Waals surface area contributed by atoms with Crippen molar-refractivity contribution in [1.29, 1.82) is 0 Å². The lowest BCUT2D eigenvalue weighted by Crippen LogP contribution is -2.26. The molecule has 0 aliphatic carbocycles. The molecule has 1 amide bonds. The Morgan fingerprint density at radius 1 is 1.21 bits per heavy atom. The van der Waals surface area contributed by atoms with Gasteiger partial charge in [-0.3, -0.25) is 4.79 Å². The number of carbonyl (C=O) groups is 2. The number of furan rings is 1. The van der Waals surface area contributed by atoms with E-state index >= 15 is 0 Å². The van der Waals surface area contributed by atoms with E-state index in [9.17, 15) is 9.59 Å². The SMILES string of the molecule is COc1cccc(C(=O)N(C)Cc2cc(C(=O)O)c(C)o2)c1OC. The molecule has 2 rings (SSSR count). The van der Waals surface area contributed by atoms with Crippen LogP contribution in [-0.4, -0.2) is 43.2 Å². The lowest BCUT2D eigenvalue weighted by atomic mass is 10.1. The highest BCUT2D eigenvalue weighted by Gasteiger charge is 2.21. The van der Waals surface area contributed by atoms with Crippen molar-refractivity contribution >= 4 is 11.9 Å². The summed E-state index contributed by atoms with van der Waals surface area (Å²) in [6.07, 6.45) is 0. The highest BCUT2D eigenvalue weighted by molar-refractivity contribution is 5.97. The van der Waals surface area contributed by atoms with E-state index in [0.29, 0.717) is 28.6 Å². The predicted octanol–water partition coefficient (Wildman–Crippen LogP) is 2.58. The second kappa shape index (κ2) is 7.08. The summed E-state index contributed by atoms with van der Waals surface area (Å²) in [5, 5.41) is 9.06. The number of carboxylic acids is 1. The van der Waals surface area contributed by atoms with Crippen molar-refractivity contribution in [3.05, 3.63) is 46.9 Å². The summed E-state index contributed by atoms with van der Waals surface area (Å²) in [7, 11) is 4.55. The lowest BCUT2D eigenvalue weighted by Gasteiger charge is -2.18. The Balaban J connectivity index is 2.24. The number of hydrogen-bond donors (Lipinski definition) is 1. The zero-order valence-corrected chi connectivity index (χ0v) is 14.0. The van der Waals surface area contributed by atoms with Crippen molar-refractivity contribution in [3.63, 3.8) is 0 Å². The number of rotatable bonds is 6. The molecule has 0 spiro atoms. The quantitative estimate of drug-likeness (QED) is 0.874. The molecule has 7 heteroatoms. The Morgan fingerprint density at radius 2 is 1.92 bits per heavy atom. The Bertz CT molecular complexity index is 764. The van der Waals surface area contributed by atoms with E-state index in [1.807, 2.05) is 0 Å². The van der Waals surface area contributed by atoms with E-state index in [1.54, 1.807) is 32.2 Å². The number of methoxy groups -OCH3 is 2. The van der Waals surface area contributed by atoms with Crippen LogP contribution < -0.4 is 9.47 Å². The number of para-hydroxylation sites is 1. The summed E-state index contributed by atoms with van der Waals surface area (Å²) < 4.78 is 15.9. The van der Waals surface area contributed by atoms with E-state index in [-0.39, 0.29) is 18.0 Å². The molecule has 1 heterocycles. The van der Waals surface area contributed by atoms with Crippen LogP contribution in [0.3, 0.4) is 0 Å². The zero-order chi connectivity index (χ0) is 17.9. The maximum absolute atomic E-state index is 12.7. The number of carboxylic acid groups (broad SMARTS) is 1. The molecule has 1 aromatic heterocycles. The van der Waals surface area contributed by atoms with E-state index in [0.717, 1.165) is 0 Å². The number of carbonyl (C=O) groups excluding carboxylic acids is 1. The van der Waals surface area contributed by atoms with Gasteiger partial charge in [-0.1, -0.05) is 6.07 Å². The van der Waals surface area contributed by atoms with E-state index in [2.05, 4.69) is 0 Å². The standard InChI is InChI=1S/C17H19NO6/c1-10-13(17(20)21)8-11(24-10)9-18(2)16(19)12-6-5-7-14(22-3)15(12)23-4/h5-8H,9H2,1-4H3,(H,20,21). The highest BCUT2D eigenvalue weighted by Crippen LogP contribution is 2.31. The average Bonchev–Trinajstić information content (AvgIpc) is 2.93. The number of hydrogen-bond acceptors (Lipinski definition) is 5. The Morgan fingerprint density at radius 3 is 2.46 bits per heavy atom. The molecule has 0 unspecified atom stereocenters. The molecule has 0 atom stereocenters. The van der Waals surface area contributed by atoms with Crippen LogP contribution in [0.2, 0.25) is 0 Å². The fourth-order valence-corrected chi connectivity index (χ4v) is 2.40. The fourth-order valence-electron chi connectivity index (χ4n) is 2.40. The number of aryl methyl sites for hydroxylation is 1. The van der Waals surface area contributed by atoms with Crippen LogP contribution in [0.5, 0.6) is 11.5 Å². The molecule has 24 heavy (non-hydrogen) atoms. The number of benzene rings is 1. The fraction of sp³-hybridized carbons (Fsp3) is 0.294. The molecule has 0 radical (unpaired) electrons. The van der Waals surface area contributed by atoms with Crippen LogP contribution >= 0.6 is 0 Å². The number of ether oxygens (including phenoxy) is 2. The molecular formula is C17H19NO6. The molecular weight excluding hydrogens is 314 g/mol. The Labute approximate surface area is 139 Å². The first kappa shape index (κ1) is 17.4. The molecule has 128 valence electrons. The average molecular weight is 333 g/mol. The van der Waals surface area contributed by atoms with Gasteiger partial charge >= 0.3 is 5.97 Å². The van der Waals surface area contributed by atoms with Crippen molar-refractivity contribution < 1.29 is 28.6 Å². The van der Waals surface area contributed by atoms with Crippen molar-refractivity contribution in [2.45, 2.75) is 13.5 Å². The summed E-state index contributed by atoms with van der Waals surface area (Å²) >= 11 is 0. The summed E-state index contributed by atoms with van der Waals surface area (Å²) in [6, 6.07) is 6.45. The number of nitrogens with zero attached hydrogens (tertiary/aromatic N) is 1. The van der Waals surface area contributed by atoms with Crippen molar-refractivity contribution in [2.24, 2.45) is 0 Å². The largest absolute Gasteiger partial charge is 0.493 e. The maximum Gasteiger partial charge on any atom is 0.339 e. The molecule has 0 saturated heterocycles. The molecule has 0 fully saturated rings. The molecule has 0 aliphatic heterocycles. The van der Waals surface area contributed by atoms with E-state index in [4.69, 9.17) is 19.0 Å². The third kappa shape index (κ3) is 3.34. The first-order chi connectivity index (χ1) is 11.4.